The smallest absolute Gasteiger partial charge is 0.319 e. The van der Waals surface area contributed by atoms with Crippen molar-refractivity contribution in [1.82, 2.24) is 0 Å². The Hall–Kier alpha value is -0.0500. The van der Waals surface area contributed by atoms with E-state index in [0.29, 0.717) is 6.61 Å². The van der Waals surface area contributed by atoms with Gasteiger partial charge in [0.2, 0.25) is 0 Å². The van der Waals surface area contributed by atoms with Gasteiger partial charge >= 0.3 is 5.97 Å². The summed E-state index contributed by atoms with van der Waals surface area (Å²) in [6.07, 6.45) is 14.2. The molecule has 0 aliphatic heterocycles. The fourth-order valence-electron chi connectivity index (χ4n) is 2.16. The molecule has 0 radical (unpaired) electrons. The van der Waals surface area contributed by atoms with Crippen LogP contribution in [0, 0.1) is 0 Å². The largest absolute Gasteiger partial charge is 0.465 e. The number of hydrogen-bond donors (Lipinski definition) is 0. The van der Waals surface area contributed by atoms with Crippen molar-refractivity contribution in [1.29, 1.82) is 0 Å². The number of unbranched alkanes of at least 4 members (excludes halogenated alkanes) is 9. The average molecular weight is 335 g/mol. The van der Waals surface area contributed by atoms with Crippen molar-refractivity contribution in [2.45, 2.75) is 89.3 Å². The summed E-state index contributed by atoms with van der Waals surface area (Å²) in [5.74, 6) is -0.113. The van der Waals surface area contributed by atoms with E-state index in [1.807, 2.05) is 6.92 Å². The van der Waals surface area contributed by atoms with Crippen LogP contribution in [0.5, 0.6) is 0 Å². The summed E-state index contributed by atoms with van der Waals surface area (Å²) < 4.78 is 4.96. The second kappa shape index (κ2) is 14.4. The van der Waals surface area contributed by atoms with E-state index in [1.54, 1.807) is 0 Å². The highest BCUT2D eigenvalue weighted by atomic mass is 79.9. The molecule has 0 saturated heterocycles. The summed E-state index contributed by atoms with van der Waals surface area (Å²) >= 11 is 3.39. The van der Waals surface area contributed by atoms with Gasteiger partial charge in [0.1, 0.15) is 4.83 Å². The topological polar surface area (TPSA) is 26.3 Å². The van der Waals surface area contributed by atoms with Crippen molar-refractivity contribution in [3.63, 3.8) is 0 Å². The minimum Gasteiger partial charge on any atom is -0.465 e. The van der Waals surface area contributed by atoms with Crippen molar-refractivity contribution in [3.05, 3.63) is 0 Å². The molecule has 0 amide bonds. The first-order chi connectivity index (χ1) is 9.22. The van der Waals surface area contributed by atoms with Gasteiger partial charge in [0.05, 0.1) is 6.61 Å². The van der Waals surface area contributed by atoms with Crippen molar-refractivity contribution >= 4 is 21.9 Å². The Balaban J connectivity index is 3.20. The normalized spacial score (nSPS) is 12.4. The summed E-state index contributed by atoms with van der Waals surface area (Å²) in [5.41, 5.74) is 0. The van der Waals surface area contributed by atoms with Crippen LogP contribution in [-0.2, 0) is 9.53 Å². The van der Waals surface area contributed by atoms with Gasteiger partial charge in [-0.1, -0.05) is 87.1 Å². The van der Waals surface area contributed by atoms with E-state index in [0.717, 1.165) is 12.8 Å². The minimum atomic E-state index is -0.113. The lowest BCUT2D eigenvalue weighted by molar-refractivity contribution is -0.142. The van der Waals surface area contributed by atoms with Crippen LogP contribution in [0.2, 0.25) is 0 Å². The lowest BCUT2D eigenvalue weighted by Crippen LogP contribution is -2.17. The Morgan fingerprint density at radius 2 is 1.37 bits per heavy atom. The standard InChI is InChI=1S/C16H31BrO2/c1-3-5-6-7-8-9-10-11-12-13-14-15(17)16(18)19-4-2/h15H,3-14H2,1-2H3. The van der Waals surface area contributed by atoms with Gasteiger partial charge in [-0.3, -0.25) is 4.79 Å². The Bertz CT molecular complexity index is 207. The highest BCUT2D eigenvalue weighted by Gasteiger charge is 2.14. The number of carbonyl (C=O) groups excluding carboxylic acids is 1. The minimum absolute atomic E-state index is 0.110. The summed E-state index contributed by atoms with van der Waals surface area (Å²) in [7, 11) is 0. The zero-order valence-corrected chi connectivity index (χ0v) is 14.3. The molecular formula is C16H31BrO2. The number of esters is 1. The average Bonchev–Trinajstić information content (AvgIpc) is 2.41. The zero-order chi connectivity index (χ0) is 14.3. The first-order valence-corrected chi connectivity index (χ1v) is 8.94. The van der Waals surface area contributed by atoms with E-state index in [-0.39, 0.29) is 10.8 Å². The van der Waals surface area contributed by atoms with E-state index in [4.69, 9.17) is 4.74 Å². The number of hydrogen-bond acceptors (Lipinski definition) is 2. The van der Waals surface area contributed by atoms with E-state index in [2.05, 4.69) is 22.9 Å². The third-order valence-corrected chi connectivity index (χ3v) is 4.19. The van der Waals surface area contributed by atoms with Gasteiger partial charge in [-0.25, -0.2) is 0 Å². The molecule has 2 nitrogen and oxygen atoms in total. The van der Waals surface area contributed by atoms with Gasteiger partial charge in [-0.2, -0.15) is 0 Å². The molecule has 0 aromatic heterocycles. The molecule has 0 aromatic carbocycles. The van der Waals surface area contributed by atoms with Crippen LogP contribution in [-0.4, -0.2) is 17.4 Å². The van der Waals surface area contributed by atoms with Crippen LogP contribution in [0.25, 0.3) is 0 Å². The fraction of sp³-hybridized carbons (Fsp3) is 0.938. The SMILES string of the molecule is CCCCCCCCCCCCC(Br)C(=O)OCC. The molecule has 1 unspecified atom stereocenters. The molecule has 0 aliphatic carbocycles. The molecule has 0 fully saturated rings. The van der Waals surface area contributed by atoms with Crippen LogP contribution in [0.4, 0.5) is 0 Å². The molecule has 0 aliphatic rings. The molecule has 114 valence electrons. The van der Waals surface area contributed by atoms with E-state index >= 15 is 0 Å². The maximum Gasteiger partial charge on any atom is 0.319 e. The molecule has 3 heteroatoms. The van der Waals surface area contributed by atoms with Gasteiger partial charge in [0.25, 0.3) is 0 Å². The molecule has 0 bridgehead atoms. The Morgan fingerprint density at radius 1 is 0.895 bits per heavy atom. The maximum atomic E-state index is 11.4. The molecule has 0 spiro atoms. The van der Waals surface area contributed by atoms with Gasteiger partial charge in [0.15, 0.2) is 0 Å². The van der Waals surface area contributed by atoms with Crippen molar-refractivity contribution in [2.75, 3.05) is 6.61 Å². The van der Waals surface area contributed by atoms with Gasteiger partial charge in [-0.05, 0) is 13.3 Å². The Morgan fingerprint density at radius 3 is 1.84 bits per heavy atom. The zero-order valence-electron chi connectivity index (χ0n) is 12.8. The number of rotatable bonds is 13. The third kappa shape index (κ3) is 12.7. The first-order valence-electron chi connectivity index (χ1n) is 8.03. The third-order valence-electron chi connectivity index (χ3n) is 3.35. The van der Waals surface area contributed by atoms with Crippen LogP contribution >= 0.6 is 15.9 Å². The molecular weight excluding hydrogens is 304 g/mol. The van der Waals surface area contributed by atoms with E-state index in [1.165, 1.54) is 57.8 Å². The van der Waals surface area contributed by atoms with Crippen LogP contribution < -0.4 is 0 Å². The molecule has 0 N–H and O–H groups in total. The molecule has 1 atom stereocenters. The van der Waals surface area contributed by atoms with Crippen LogP contribution in [0.1, 0.15) is 84.5 Å². The summed E-state index contributed by atoms with van der Waals surface area (Å²) in [6, 6.07) is 0. The molecule has 0 rings (SSSR count). The van der Waals surface area contributed by atoms with Crippen molar-refractivity contribution in [2.24, 2.45) is 0 Å². The predicted octanol–water partition coefficient (Wildman–Crippen LogP) is 5.62. The summed E-state index contributed by atoms with van der Waals surface area (Å²) in [5, 5.41) is 0. The highest BCUT2D eigenvalue weighted by molar-refractivity contribution is 9.10. The quantitative estimate of drug-likeness (QED) is 0.248. The first kappa shape index (κ1) is 18.9. The van der Waals surface area contributed by atoms with Gasteiger partial charge in [-0.15, -0.1) is 0 Å². The summed E-state index contributed by atoms with van der Waals surface area (Å²) in [4.78, 5) is 11.3. The number of carbonyl (C=O) groups is 1. The monoisotopic (exact) mass is 334 g/mol. The molecule has 0 saturated carbocycles. The van der Waals surface area contributed by atoms with E-state index < -0.39 is 0 Å². The predicted molar refractivity (Wildman–Crippen MR) is 85.8 cm³/mol. The van der Waals surface area contributed by atoms with Gasteiger partial charge < -0.3 is 4.74 Å². The number of ether oxygens (including phenoxy) is 1. The lowest BCUT2D eigenvalue weighted by Gasteiger charge is -2.08. The molecule has 0 aromatic rings. The lowest BCUT2D eigenvalue weighted by atomic mass is 10.1. The highest BCUT2D eigenvalue weighted by Crippen LogP contribution is 2.15. The number of alkyl halides is 1. The molecule has 0 heterocycles. The summed E-state index contributed by atoms with van der Waals surface area (Å²) in [6.45, 7) is 4.57. The second-order valence-corrected chi connectivity index (χ2v) is 6.30. The van der Waals surface area contributed by atoms with E-state index in [9.17, 15) is 4.79 Å². The maximum absolute atomic E-state index is 11.4. The van der Waals surface area contributed by atoms with Crippen molar-refractivity contribution in [3.8, 4) is 0 Å². The fourth-order valence-corrected chi connectivity index (χ4v) is 2.62. The van der Waals surface area contributed by atoms with Crippen LogP contribution in [0.15, 0.2) is 0 Å². The molecule has 19 heavy (non-hydrogen) atoms. The van der Waals surface area contributed by atoms with Gasteiger partial charge in [0, 0.05) is 0 Å². The van der Waals surface area contributed by atoms with Crippen molar-refractivity contribution < 1.29 is 9.53 Å². The second-order valence-electron chi connectivity index (χ2n) is 5.19. The number of halogens is 1. The Kier molecular flexibility index (Phi) is 14.3. The Labute approximate surface area is 127 Å². The van der Waals surface area contributed by atoms with Crippen LogP contribution in [0.3, 0.4) is 0 Å².